The minimum Gasteiger partial charge on any atom is -0.480 e. The van der Waals surface area contributed by atoms with Gasteiger partial charge in [0.1, 0.15) is 6.04 Å². The third-order valence-corrected chi connectivity index (χ3v) is 1.78. The van der Waals surface area contributed by atoms with Gasteiger partial charge in [0.25, 0.3) is 0 Å². The maximum Gasteiger partial charge on any atom is 0.320 e. The summed E-state index contributed by atoms with van der Waals surface area (Å²) in [6, 6.07) is -0.310. The lowest BCUT2D eigenvalue weighted by Crippen LogP contribution is -2.38. The summed E-state index contributed by atoms with van der Waals surface area (Å²) in [4.78, 5) is 12.5. The second-order valence-electron chi connectivity index (χ2n) is 2.74. The second kappa shape index (κ2) is 5.13. The molecule has 0 aliphatic heterocycles. The Morgan fingerprint density at radius 2 is 2.09 bits per heavy atom. The number of hydrogen-bond donors (Lipinski definition) is 1. The monoisotopic (exact) mass is 159 g/mol. The fourth-order valence-corrected chi connectivity index (χ4v) is 1.18. The van der Waals surface area contributed by atoms with E-state index in [2.05, 4.69) is 0 Å². The molecule has 3 nitrogen and oxygen atoms in total. The van der Waals surface area contributed by atoms with Gasteiger partial charge in [0, 0.05) is 0 Å². The van der Waals surface area contributed by atoms with Crippen molar-refractivity contribution < 1.29 is 9.90 Å². The predicted molar refractivity (Wildman–Crippen MR) is 44.6 cm³/mol. The van der Waals surface area contributed by atoms with Crippen molar-refractivity contribution in [2.24, 2.45) is 0 Å². The largest absolute Gasteiger partial charge is 0.480 e. The van der Waals surface area contributed by atoms with Crippen LogP contribution in [0.1, 0.15) is 26.7 Å². The Morgan fingerprint density at radius 3 is 2.36 bits per heavy atom. The Kier molecular flexibility index (Phi) is 4.86. The summed E-state index contributed by atoms with van der Waals surface area (Å²) >= 11 is 0. The van der Waals surface area contributed by atoms with Crippen molar-refractivity contribution in [3.63, 3.8) is 0 Å². The molecule has 0 radical (unpaired) electrons. The Labute approximate surface area is 68.0 Å². The quantitative estimate of drug-likeness (QED) is 0.655. The molecule has 0 rings (SSSR count). The highest BCUT2D eigenvalue weighted by atomic mass is 16.4. The van der Waals surface area contributed by atoms with Gasteiger partial charge >= 0.3 is 5.97 Å². The highest BCUT2D eigenvalue weighted by Gasteiger charge is 2.18. The molecule has 0 amide bonds. The second-order valence-corrected chi connectivity index (χ2v) is 2.74. The van der Waals surface area contributed by atoms with E-state index in [9.17, 15) is 4.79 Å². The molecule has 0 aliphatic carbocycles. The average Bonchev–Trinajstić information content (AvgIpc) is 1.88. The molecule has 0 bridgehead atoms. The Balaban J connectivity index is 3.91. The van der Waals surface area contributed by atoms with Crippen LogP contribution in [0.25, 0.3) is 0 Å². The lowest BCUT2D eigenvalue weighted by molar-refractivity contribution is -0.142. The van der Waals surface area contributed by atoms with Crippen molar-refractivity contribution in [3.8, 4) is 0 Å². The molecule has 11 heavy (non-hydrogen) atoms. The minimum absolute atomic E-state index is 0.310. The van der Waals surface area contributed by atoms with Crippen LogP contribution in [0.15, 0.2) is 0 Å². The van der Waals surface area contributed by atoms with Gasteiger partial charge in [-0.25, -0.2) is 0 Å². The maximum absolute atomic E-state index is 10.6. The van der Waals surface area contributed by atoms with Crippen LogP contribution in [0.3, 0.4) is 0 Å². The smallest absolute Gasteiger partial charge is 0.320 e. The number of carboxylic acid groups (broad SMARTS) is 1. The lowest BCUT2D eigenvalue weighted by Gasteiger charge is -2.22. The van der Waals surface area contributed by atoms with E-state index in [1.54, 1.807) is 0 Å². The average molecular weight is 159 g/mol. The molecule has 1 atom stereocenters. The number of hydrogen-bond acceptors (Lipinski definition) is 2. The third-order valence-electron chi connectivity index (χ3n) is 1.78. The highest BCUT2D eigenvalue weighted by molar-refractivity contribution is 5.73. The van der Waals surface area contributed by atoms with E-state index < -0.39 is 5.97 Å². The van der Waals surface area contributed by atoms with E-state index in [4.69, 9.17) is 5.11 Å². The van der Waals surface area contributed by atoms with Crippen molar-refractivity contribution in [3.05, 3.63) is 0 Å². The van der Waals surface area contributed by atoms with Gasteiger partial charge in [0.05, 0.1) is 0 Å². The topological polar surface area (TPSA) is 40.5 Å². The zero-order valence-corrected chi connectivity index (χ0v) is 7.50. The van der Waals surface area contributed by atoms with Gasteiger partial charge in [0.2, 0.25) is 0 Å². The Bertz CT molecular complexity index is 125. The molecule has 3 heteroatoms. The predicted octanol–water partition coefficient (Wildman–Crippen LogP) is 1.19. The zero-order chi connectivity index (χ0) is 8.85. The molecule has 0 fully saturated rings. The molecular weight excluding hydrogens is 142 g/mol. The van der Waals surface area contributed by atoms with E-state index >= 15 is 0 Å². The van der Waals surface area contributed by atoms with E-state index in [0.29, 0.717) is 6.42 Å². The third kappa shape index (κ3) is 3.37. The minimum atomic E-state index is -0.719. The van der Waals surface area contributed by atoms with Crippen LogP contribution in [0.2, 0.25) is 0 Å². The molecule has 0 aromatic heterocycles. The van der Waals surface area contributed by atoms with Crippen LogP contribution < -0.4 is 0 Å². The summed E-state index contributed by atoms with van der Waals surface area (Å²) in [5, 5.41) is 8.73. The number of carboxylic acids is 1. The molecule has 0 heterocycles. The van der Waals surface area contributed by atoms with Gasteiger partial charge in [-0.05, 0) is 26.4 Å². The first-order valence-electron chi connectivity index (χ1n) is 4.06. The molecule has 0 aromatic rings. The standard InChI is InChI=1S/C8H17NO2/c1-4-6-9(3)7(5-2)8(10)11/h7H,4-6H2,1-3H3,(H,10,11). The lowest BCUT2D eigenvalue weighted by atomic mass is 10.2. The molecule has 0 aromatic carbocycles. The van der Waals surface area contributed by atoms with E-state index in [1.807, 2.05) is 25.8 Å². The molecular formula is C8H17NO2. The van der Waals surface area contributed by atoms with Crippen LogP contribution in [-0.2, 0) is 4.79 Å². The molecule has 0 saturated heterocycles. The molecule has 66 valence electrons. The maximum atomic E-state index is 10.6. The molecule has 1 unspecified atom stereocenters. The van der Waals surface area contributed by atoms with Gasteiger partial charge in [0.15, 0.2) is 0 Å². The number of nitrogens with zero attached hydrogens (tertiary/aromatic N) is 1. The zero-order valence-electron chi connectivity index (χ0n) is 7.50. The fourth-order valence-electron chi connectivity index (χ4n) is 1.18. The van der Waals surface area contributed by atoms with Gasteiger partial charge < -0.3 is 5.11 Å². The van der Waals surface area contributed by atoms with Gasteiger partial charge in [-0.3, -0.25) is 9.69 Å². The first-order valence-corrected chi connectivity index (χ1v) is 4.06. The Morgan fingerprint density at radius 1 is 1.55 bits per heavy atom. The normalized spacial score (nSPS) is 13.5. The Hall–Kier alpha value is -0.570. The number of likely N-dealkylation sites (N-methyl/N-ethyl adjacent to an activating group) is 1. The number of rotatable bonds is 5. The molecule has 0 saturated carbocycles. The summed E-state index contributed by atoms with van der Waals surface area (Å²) in [6.45, 7) is 4.79. The molecule has 1 N–H and O–H groups in total. The van der Waals surface area contributed by atoms with Crippen molar-refractivity contribution in [1.29, 1.82) is 0 Å². The molecule has 0 aliphatic rings. The first-order chi connectivity index (χ1) is 5.13. The van der Waals surface area contributed by atoms with E-state index in [1.165, 1.54) is 0 Å². The van der Waals surface area contributed by atoms with Crippen LogP contribution in [0.4, 0.5) is 0 Å². The van der Waals surface area contributed by atoms with E-state index in [-0.39, 0.29) is 6.04 Å². The van der Waals surface area contributed by atoms with Crippen LogP contribution in [0, 0.1) is 0 Å². The van der Waals surface area contributed by atoms with Crippen molar-refractivity contribution in [2.75, 3.05) is 13.6 Å². The SMILES string of the molecule is CCCN(C)C(CC)C(=O)O. The fraction of sp³-hybridized carbons (Fsp3) is 0.875. The molecule has 0 spiro atoms. The van der Waals surface area contributed by atoms with Crippen molar-refractivity contribution >= 4 is 5.97 Å². The van der Waals surface area contributed by atoms with Gasteiger partial charge in [-0.15, -0.1) is 0 Å². The van der Waals surface area contributed by atoms with Crippen molar-refractivity contribution in [1.82, 2.24) is 4.90 Å². The van der Waals surface area contributed by atoms with Gasteiger partial charge in [-0.1, -0.05) is 13.8 Å². The van der Waals surface area contributed by atoms with Crippen LogP contribution in [0.5, 0.6) is 0 Å². The number of aliphatic carboxylic acids is 1. The summed E-state index contributed by atoms with van der Waals surface area (Å²) in [6.07, 6.45) is 1.67. The summed E-state index contributed by atoms with van der Waals surface area (Å²) < 4.78 is 0. The van der Waals surface area contributed by atoms with Crippen LogP contribution in [-0.4, -0.2) is 35.6 Å². The van der Waals surface area contributed by atoms with Gasteiger partial charge in [-0.2, -0.15) is 0 Å². The first kappa shape index (κ1) is 10.4. The van der Waals surface area contributed by atoms with Crippen LogP contribution >= 0.6 is 0 Å². The number of carbonyl (C=O) groups is 1. The summed E-state index contributed by atoms with van der Waals surface area (Å²) in [5.74, 6) is -0.719. The summed E-state index contributed by atoms with van der Waals surface area (Å²) in [5.41, 5.74) is 0. The highest BCUT2D eigenvalue weighted by Crippen LogP contribution is 2.01. The van der Waals surface area contributed by atoms with Crippen molar-refractivity contribution in [2.45, 2.75) is 32.7 Å². The van der Waals surface area contributed by atoms with E-state index in [0.717, 1.165) is 13.0 Å². The summed E-state index contributed by atoms with van der Waals surface area (Å²) in [7, 11) is 1.85.